The lowest BCUT2D eigenvalue weighted by Crippen LogP contribution is -2.46. The molecule has 0 aromatic heterocycles. The number of thioether (sulfide) groups is 1. The molecule has 0 aromatic rings. The normalized spacial score (nSPS) is 31.1. The van der Waals surface area contributed by atoms with Crippen LogP contribution in [0.2, 0.25) is 0 Å². The lowest BCUT2D eigenvalue weighted by atomic mass is 9.84. The molecule has 4 heteroatoms. The van der Waals surface area contributed by atoms with E-state index in [1.54, 1.807) is 0 Å². The maximum Gasteiger partial charge on any atom is 0.227 e. The number of amides is 1. The van der Waals surface area contributed by atoms with Gasteiger partial charge < -0.3 is 11.1 Å². The van der Waals surface area contributed by atoms with E-state index < -0.39 is 0 Å². The SMILES string of the molecule is CSC1(CNC(=O)C2C=CC(N)C2)CCC1. The Bertz CT molecular complexity index is 294. The van der Waals surface area contributed by atoms with Gasteiger partial charge in [-0.2, -0.15) is 11.8 Å². The quantitative estimate of drug-likeness (QED) is 0.728. The third-order valence-corrected chi connectivity index (χ3v) is 5.15. The highest BCUT2D eigenvalue weighted by atomic mass is 32.2. The Hall–Kier alpha value is -0.480. The van der Waals surface area contributed by atoms with Crippen LogP contribution in [0.25, 0.3) is 0 Å². The molecular formula is C12H20N2OS. The van der Waals surface area contributed by atoms with Crippen molar-refractivity contribution in [1.29, 1.82) is 0 Å². The van der Waals surface area contributed by atoms with Crippen LogP contribution >= 0.6 is 11.8 Å². The minimum absolute atomic E-state index is 0.00557. The van der Waals surface area contributed by atoms with Crippen molar-refractivity contribution in [2.24, 2.45) is 11.7 Å². The van der Waals surface area contributed by atoms with Crippen LogP contribution in [0.5, 0.6) is 0 Å². The van der Waals surface area contributed by atoms with Crippen LogP contribution in [0.3, 0.4) is 0 Å². The summed E-state index contributed by atoms with van der Waals surface area (Å²) in [4.78, 5) is 11.9. The molecule has 16 heavy (non-hydrogen) atoms. The van der Waals surface area contributed by atoms with E-state index in [1.807, 2.05) is 23.9 Å². The fourth-order valence-corrected chi connectivity index (χ4v) is 3.24. The van der Waals surface area contributed by atoms with Crippen LogP contribution in [0.4, 0.5) is 0 Å². The molecule has 2 rings (SSSR count). The summed E-state index contributed by atoms with van der Waals surface area (Å²) in [6.07, 6.45) is 10.5. The molecule has 0 bridgehead atoms. The number of hydrogen-bond donors (Lipinski definition) is 2. The number of nitrogens with one attached hydrogen (secondary N) is 1. The maximum atomic E-state index is 11.9. The lowest BCUT2D eigenvalue weighted by Gasteiger charge is -2.40. The average molecular weight is 240 g/mol. The zero-order chi connectivity index (χ0) is 11.6. The summed E-state index contributed by atoms with van der Waals surface area (Å²) < 4.78 is 0.320. The molecule has 0 heterocycles. The van der Waals surface area contributed by atoms with Gasteiger partial charge >= 0.3 is 0 Å². The van der Waals surface area contributed by atoms with Gasteiger partial charge in [-0.1, -0.05) is 18.6 Å². The van der Waals surface area contributed by atoms with Gasteiger partial charge in [-0.15, -0.1) is 0 Å². The van der Waals surface area contributed by atoms with Crippen LogP contribution in [0, 0.1) is 5.92 Å². The number of carbonyl (C=O) groups excluding carboxylic acids is 1. The highest BCUT2D eigenvalue weighted by Gasteiger charge is 2.36. The van der Waals surface area contributed by atoms with Crippen molar-refractivity contribution in [3.05, 3.63) is 12.2 Å². The van der Waals surface area contributed by atoms with Gasteiger partial charge in [0.25, 0.3) is 0 Å². The Labute approximate surface area is 101 Å². The Balaban J connectivity index is 1.77. The Morgan fingerprint density at radius 3 is 2.75 bits per heavy atom. The van der Waals surface area contributed by atoms with Crippen molar-refractivity contribution in [2.75, 3.05) is 12.8 Å². The first-order valence-corrected chi connectivity index (χ1v) is 7.14. The van der Waals surface area contributed by atoms with Crippen molar-refractivity contribution in [2.45, 2.75) is 36.5 Å². The number of rotatable bonds is 4. The molecule has 0 radical (unpaired) electrons. The van der Waals surface area contributed by atoms with Crippen molar-refractivity contribution < 1.29 is 4.79 Å². The molecule has 1 fully saturated rings. The molecule has 2 aliphatic rings. The Morgan fingerprint density at radius 1 is 1.56 bits per heavy atom. The van der Waals surface area contributed by atoms with Crippen LogP contribution in [0.1, 0.15) is 25.7 Å². The van der Waals surface area contributed by atoms with Gasteiger partial charge in [-0.3, -0.25) is 4.79 Å². The van der Waals surface area contributed by atoms with Crippen molar-refractivity contribution in [1.82, 2.24) is 5.32 Å². The number of nitrogens with two attached hydrogens (primary N) is 1. The first kappa shape index (κ1) is 12.0. The van der Waals surface area contributed by atoms with Crippen LogP contribution in [-0.4, -0.2) is 29.5 Å². The van der Waals surface area contributed by atoms with E-state index in [1.165, 1.54) is 19.3 Å². The van der Waals surface area contributed by atoms with Gasteiger partial charge in [-0.05, 0) is 25.5 Å². The fourth-order valence-electron chi connectivity index (χ4n) is 2.33. The monoisotopic (exact) mass is 240 g/mol. The molecule has 3 nitrogen and oxygen atoms in total. The van der Waals surface area contributed by atoms with Crippen LogP contribution < -0.4 is 11.1 Å². The van der Waals surface area contributed by atoms with Crippen LogP contribution in [-0.2, 0) is 4.79 Å². The Kier molecular flexibility index (Phi) is 3.60. The molecule has 90 valence electrons. The molecular weight excluding hydrogens is 220 g/mol. The number of hydrogen-bond acceptors (Lipinski definition) is 3. The highest BCUT2D eigenvalue weighted by Crippen LogP contribution is 2.42. The van der Waals surface area contributed by atoms with Gasteiger partial charge in [0.15, 0.2) is 0 Å². The van der Waals surface area contributed by atoms with Gasteiger partial charge in [0.2, 0.25) is 5.91 Å². The summed E-state index contributed by atoms with van der Waals surface area (Å²) in [7, 11) is 0. The minimum atomic E-state index is -0.00557. The summed E-state index contributed by atoms with van der Waals surface area (Å²) >= 11 is 1.89. The van der Waals surface area contributed by atoms with E-state index in [0.29, 0.717) is 4.75 Å². The van der Waals surface area contributed by atoms with Crippen molar-refractivity contribution in [3.63, 3.8) is 0 Å². The highest BCUT2D eigenvalue weighted by molar-refractivity contribution is 8.00. The molecule has 2 aliphatic carbocycles. The zero-order valence-corrected chi connectivity index (χ0v) is 10.6. The van der Waals surface area contributed by atoms with E-state index in [9.17, 15) is 4.79 Å². The maximum absolute atomic E-state index is 11.9. The molecule has 0 aliphatic heterocycles. The topological polar surface area (TPSA) is 55.1 Å². The van der Waals surface area contributed by atoms with Crippen molar-refractivity contribution in [3.8, 4) is 0 Å². The summed E-state index contributed by atoms with van der Waals surface area (Å²) in [6.45, 7) is 0.812. The third kappa shape index (κ3) is 2.43. The third-order valence-electron chi connectivity index (χ3n) is 3.74. The molecule has 2 unspecified atom stereocenters. The first-order valence-electron chi connectivity index (χ1n) is 5.92. The largest absolute Gasteiger partial charge is 0.354 e. The molecule has 1 amide bonds. The second kappa shape index (κ2) is 4.80. The van der Waals surface area contributed by atoms with Gasteiger partial charge in [0, 0.05) is 17.3 Å². The van der Waals surface area contributed by atoms with E-state index in [4.69, 9.17) is 5.73 Å². The molecule has 0 saturated heterocycles. The summed E-state index contributed by atoms with van der Waals surface area (Å²) in [5, 5.41) is 3.07. The molecule has 0 aromatic carbocycles. The van der Waals surface area contributed by atoms with Gasteiger partial charge in [0.1, 0.15) is 0 Å². The minimum Gasteiger partial charge on any atom is -0.354 e. The summed E-state index contributed by atoms with van der Waals surface area (Å²) in [5.41, 5.74) is 5.74. The number of carbonyl (C=O) groups is 1. The zero-order valence-electron chi connectivity index (χ0n) is 9.74. The molecule has 3 N–H and O–H groups in total. The average Bonchev–Trinajstić information content (AvgIpc) is 2.64. The van der Waals surface area contributed by atoms with E-state index in [0.717, 1.165) is 13.0 Å². The molecule has 2 atom stereocenters. The smallest absolute Gasteiger partial charge is 0.227 e. The predicted octanol–water partition coefficient (Wildman–Crippen LogP) is 1.29. The van der Waals surface area contributed by atoms with Crippen molar-refractivity contribution >= 4 is 17.7 Å². The second-order valence-electron chi connectivity index (χ2n) is 4.85. The molecule has 1 saturated carbocycles. The first-order chi connectivity index (χ1) is 7.65. The van der Waals surface area contributed by atoms with E-state index in [2.05, 4.69) is 11.6 Å². The Morgan fingerprint density at radius 2 is 2.31 bits per heavy atom. The summed E-state index contributed by atoms with van der Waals surface area (Å²) in [5.74, 6) is 0.138. The fraction of sp³-hybridized carbons (Fsp3) is 0.750. The lowest BCUT2D eigenvalue weighted by molar-refractivity contribution is -0.123. The van der Waals surface area contributed by atoms with E-state index >= 15 is 0 Å². The van der Waals surface area contributed by atoms with Crippen LogP contribution in [0.15, 0.2) is 12.2 Å². The van der Waals surface area contributed by atoms with E-state index in [-0.39, 0.29) is 17.9 Å². The molecule has 0 spiro atoms. The predicted molar refractivity (Wildman–Crippen MR) is 68.3 cm³/mol. The van der Waals surface area contributed by atoms with Gasteiger partial charge in [0.05, 0.1) is 5.92 Å². The summed E-state index contributed by atoms with van der Waals surface area (Å²) in [6, 6.07) is 0.0639. The van der Waals surface area contributed by atoms with Gasteiger partial charge in [-0.25, -0.2) is 0 Å². The standard InChI is InChI=1S/C12H20N2OS/c1-16-12(5-2-6-12)8-14-11(15)9-3-4-10(13)7-9/h3-4,9-10H,2,5-8,13H2,1H3,(H,14,15). The second-order valence-corrected chi connectivity index (χ2v) is 6.12.